The van der Waals surface area contributed by atoms with Crippen LogP contribution in [0.3, 0.4) is 0 Å². The summed E-state index contributed by atoms with van der Waals surface area (Å²) in [5.74, 6) is 1.62. The summed E-state index contributed by atoms with van der Waals surface area (Å²) in [6, 6.07) is 7.88. The monoisotopic (exact) mass is 271 g/mol. The molecule has 0 atom stereocenters. The van der Waals surface area contributed by atoms with Crippen LogP contribution >= 0.6 is 0 Å². The van der Waals surface area contributed by atoms with Crippen molar-refractivity contribution in [3.63, 3.8) is 0 Å². The van der Waals surface area contributed by atoms with E-state index >= 15 is 0 Å². The normalized spacial score (nSPS) is 15.2. The Kier molecular flexibility index (Phi) is 3.78. The quantitative estimate of drug-likeness (QED) is 0.854. The maximum atomic E-state index is 5.33. The van der Waals surface area contributed by atoms with Crippen molar-refractivity contribution in [3.8, 4) is 16.9 Å². The molecule has 2 aromatic rings. The first kappa shape index (κ1) is 12.9. The van der Waals surface area contributed by atoms with E-state index in [1.807, 2.05) is 36.7 Å². The predicted octanol–water partition coefficient (Wildman–Crippen LogP) is 1.99. The van der Waals surface area contributed by atoms with Gasteiger partial charge in [-0.05, 0) is 17.7 Å². The molecule has 1 aliphatic rings. The van der Waals surface area contributed by atoms with Crippen LogP contribution in [0.4, 0.5) is 5.95 Å². The molecule has 2 heterocycles. The van der Waals surface area contributed by atoms with Gasteiger partial charge in [-0.15, -0.1) is 0 Å². The van der Waals surface area contributed by atoms with E-state index in [1.54, 1.807) is 7.11 Å². The molecule has 0 N–H and O–H groups in total. The summed E-state index contributed by atoms with van der Waals surface area (Å²) in [4.78, 5) is 11.0. The molecule has 0 radical (unpaired) electrons. The Bertz CT molecular complexity index is 548. The van der Waals surface area contributed by atoms with E-state index in [2.05, 4.69) is 14.9 Å². The minimum atomic E-state index is 0.740. The van der Waals surface area contributed by atoms with Crippen molar-refractivity contribution in [2.24, 2.45) is 0 Å². The number of methoxy groups -OCH3 is 1. The van der Waals surface area contributed by atoms with Crippen molar-refractivity contribution in [1.82, 2.24) is 9.97 Å². The first-order valence-electron chi connectivity index (χ1n) is 6.66. The van der Waals surface area contributed by atoms with Crippen LogP contribution < -0.4 is 9.64 Å². The standard InChI is InChI=1S/C15H17N3O2/c1-19-14-4-2-12(3-5-14)13-10-16-15(17-11-13)18-6-8-20-9-7-18/h2-5,10-11H,6-9H2,1H3. The van der Waals surface area contributed by atoms with Gasteiger partial charge in [0.2, 0.25) is 5.95 Å². The summed E-state index contributed by atoms with van der Waals surface area (Å²) in [6.07, 6.45) is 3.72. The second kappa shape index (κ2) is 5.88. The van der Waals surface area contributed by atoms with Crippen LogP contribution in [-0.4, -0.2) is 43.4 Å². The van der Waals surface area contributed by atoms with Crippen molar-refractivity contribution in [3.05, 3.63) is 36.7 Å². The van der Waals surface area contributed by atoms with Gasteiger partial charge in [-0.3, -0.25) is 0 Å². The van der Waals surface area contributed by atoms with Gasteiger partial charge in [0.1, 0.15) is 5.75 Å². The Morgan fingerprint density at radius 3 is 2.25 bits per heavy atom. The van der Waals surface area contributed by atoms with Gasteiger partial charge in [0, 0.05) is 31.0 Å². The summed E-state index contributed by atoms with van der Waals surface area (Å²) in [7, 11) is 1.66. The Morgan fingerprint density at radius 1 is 1.00 bits per heavy atom. The van der Waals surface area contributed by atoms with Crippen LogP contribution in [0, 0.1) is 0 Å². The van der Waals surface area contributed by atoms with Gasteiger partial charge in [0.25, 0.3) is 0 Å². The molecular formula is C15H17N3O2. The number of aromatic nitrogens is 2. The average molecular weight is 271 g/mol. The number of hydrogen-bond acceptors (Lipinski definition) is 5. The van der Waals surface area contributed by atoms with E-state index in [-0.39, 0.29) is 0 Å². The number of rotatable bonds is 3. The van der Waals surface area contributed by atoms with E-state index in [9.17, 15) is 0 Å². The Balaban J connectivity index is 1.77. The number of ether oxygens (including phenoxy) is 2. The molecule has 5 heteroatoms. The summed E-state index contributed by atoms with van der Waals surface area (Å²) in [5, 5.41) is 0. The third-order valence-corrected chi connectivity index (χ3v) is 3.36. The van der Waals surface area contributed by atoms with Crippen molar-refractivity contribution in [2.45, 2.75) is 0 Å². The maximum Gasteiger partial charge on any atom is 0.225 e. The lowest BCUT2D eigenvalue weighted by Crippen LogP contribution is -2.37. The Labute approximate surface area is 118 Å². The second-order valence-corrected chi connectivity index (χ2v) is 4.60. The molecule has 1 aromatic heterocycles. The summed E-state index contributed by atoms with van der Waals surface area (Å²) in [6.45, 7) is 3.18. The van der Waals surface area contributed by atoms with Gasteiger partial charge in [-0.1, -0.05) is 12.1 Å². The molecule has 1 aliphatic heterocycles. The third-order valence-electron chi connectivity index (χ3n) is 3.36. The summed E-state index contributed by atoms with van der Waals surface area (Å²) in [5.41, 5.74) is 2.09. The highest BCUT2D eigenvalue weighted by molar-refractivity contribution is 5.62. The van der Waals surface area contributed by atoms with Crippen molar-refractivity contribution < 1.29 is 9.47 Å². The van der Waals surface area contributed by atoms with Gasteiger partial charge in [-0.25, -0.2) is 9.97 Å². The molecule has 5 nitrogen and oxygen atoms in total. The van der Waals surface area contributed by atoms with Crippen molar-refractivity contribution in [1.29, 1.82) is 0 Å². The number of anilines is 1. The zero-order valence-corrected chi connectivity index (χ0v) is 11.5. The SMILES string of the molecule is COc1ccc(-c2cnc(N3CCOCC3)nc2)cc1. The van der Waals surface area contributed by atoms with E-state index in [4.69, 9.17) is 9.47 Å². The van der Waals surface area contributed by atoms with Crippen LogP contribution in [0.5, 0.6) is 5.75 Å². The lowest BCUT2D eigenvalue weighted by Gasteiger charge is -2.26. The molecule has 3 rings (SSSR count). The third kappa shape index (κ3) is 2.72. The number of nitrogens with zero attached hydrogens (tertiary/aromatic N) is 3. The average Bonchev–Trinajstić information content (AvgIpc) is 2.56. The van der Waals surface area contributed by atoms with Gasteiger partial charge in [0.15, 0.2) is 0 Å². The fraction of sp³-hybridized carbons (Fsp3) is 0.333. The van der Waals surface area contributed by atoms with Gasteiger partial charge >= 0.3 is 0 Å². The van der Waals surface area contributed by atoms with Crippen LogP contribution in [0.15, 0.2) is 36.7 Å². The highest BCUT2D eigenvalue weighted by Gasteiger charge is 2.13. The number of benzene rings is 1. The Morgan fingerprint density at radius 2 is 1.65 bits per heavy atom. The minimum Gasteiger partial charge on any atom is -0.497 e. The van der Waals surface area contributed by atoms with Crippen LogP contribution in [0.2, 0.25) is 0 Å². The minimum absolute atomic E-state index is 0.740. The van der Waals surface area contributed by atoms with E-state index in [0.29, 0.717) is 0 Å². The zero-order valence-electron chi connectivity index (χ0n) is 11.5. The molecule has 0 amide bonds. The largest absolute Gasteiger partial charge is 0.497 e. The molecule has 104 valence electrons. The van der Waals surface area contributed by atoms with Crippen LogP contribution in [0.1, 0.15) is 0 Å². The lowest BCUT2D eigenvalue weighted by atomic mass is 10.1. The topological polar surface area (TPSA) is 47.5 Å². The first-order chi connectivity index (χ1) is 9.86. The second-order valence-electron chi connectivity index (χ2n) is 4.60. The van der Waals surface area contributed by atoms with Gasteiger partial charge < -0.3 is 14.4 Å². The molecule has 0 spiro atoms. The first-order valence-corrected chi connectivity index (χ1v) is 6.66. The molecule has 1 fully saturated rings. The van der Waals surface area contributed by atoms with Crippen LogP contribution in [0.25, 0.3) is 11.1 Å². The highest BCUT2D eigenvalue weighted by Crippen LogP contribution is 2.22. The zero-order chi connectivity index (χ0) is 13.8. The summed E-state index contributed by atoms with van der Waals surface area (Å²) >= 11 is 0. The number of hydrogen-bond donors (Lipinski definition) is 0. The molecule has 0 aliphatic carbocycles. The Hall–Kier alpha value is -2.14. The van der Waals surface area contributed by atoms with Crippen molar-refractivity contribution >= 4 is 5.95 Å². The predicted molar refractivity (Wildman–Crippen MR) is 77.1 cm³/mol. The lowest BCUT2D eigenvalue weighted by molar-refractivity contribution is 0.122. The molecule has 0 unspecified atom stereocenters. The van der Waals surface area contributed by atoms with Gasteiger partial charge in [-0.2, -0.15) is 0 Å². The van der Waals surface area contributed by atoms with Gasteiger partial charge in [0.05, 0.1) is 20.3 Å². The molecular weight excluding hydrogens is 254 g/mol. The number of morpholine rings is 1. The molecule has 0 bridgehead atoms. The molecule has 0 saturated carbocycles. The maximum absolute atomic E-state index is 5.33. The fourth-order valence-electron chi connectivity index (χ4n) is 2.18. The molecule has 1 saturated heterocycles. The van der Waals surface area contributed by atoms with Crippen molar-refractivity contribution in [2.75, 3.05) is 38.3 Å². The van der Waals surface area contributed by atoms with E-state index in [0.717, 1.165) is 49.1 Å². The molecule has 20 heavy (non-hydrogen) atoms. The smallest absolute Gasteiger partial charge is 0.225 e. The van der Waals surface area contributed by atoms with Crippen LogP contribution in [-0.2, 0) is 4.74 Å². The van der Waals surface area contributed by atoms with E-state index < -0.39 is 0 Å². The molecule has 1 aromatic carbocycles. The summed E-state index contributed by atoms with van der Waals surface area (Å²) < 4.78 is 10.5. The fourth-order valence-corrected chi connectivity index (χ4v) is 2.18. The van der Waals surface area contributed by atoms with E-state index in [1.165, 1.54) is 0 Å². The highest BCUT2D eigenvalue weighted by atomic mass is 16.5.